The molecule has 0 saturated carbocycles. The lowest BCUT2D eigenvalue weighted by Crippen LogP contribution is -2.10. The standard InChI is InChI=1S/C15H21N5S/c1-4-7-17-13-9-14(20-15(19-13)21-3)18-11(2)12-6-5-8-16-10-12/h5-6,8-11H,4,7H2,1-3H3,(H2,17,18,19,20). The highest BCUT2D eigenvalue weighted by molar-refractivity contribution is 7.98. The Bertz CT molecular complexity index is 561. The normalized spacial score (nSPS) is 12.0. The average Bonchev–Trinajstić information content (AvgIpc) is 2.53. The third kappa shape index (κ3) is 4.60. The molecular weight excluding hydrogens is 282 g/mol. The first-order valence-corrected chi connectivity index (χ1v) is 8.28. The Morgan fingerprint density at radius 1 is 1.29 bits per heavy atom. The Kier molecular flexibility index (Phi) is 5.80. The van der Waals surface area contributed by atoms with Crippen LogP contribution in [0.15, 0.2) is 35.7 Å². The molecule has 2 rings (SSSR count). The molecule has 0 bridgehead atoms. The van der Waals surface area contributed by atoms with Gasteiger partial charge >= 0.3 is 0 Å². The molecule has 0 radical (unpaired) electrons. The van der Waals surface area contributed by atoms with Crippen molar-refractivity contribution in [2.45, 2.75) is 31.5 Å². The van der Waals surface area contributed by atoms with E-state index in [4.69, 9.17) is 0 Å². The van der Waals surface area contributed by atoms with Gasteiger partial charge in [0.05, 0.1) is 6.04 Å². The van der Waals surface area contributed by atoms with E-state index in [-0.39, 0.29) is 6.04 Å². The van der Waals surface area contributed by atoms with Gasteiger partial charge in [0.2, 0.25) is 0 Å². The van der Waals surface area contributed by atoms with Crippen LogP contribution in [0.4, 0.5) is 11.6 Å². The largest absolute Gasteiger partial charge is 0.370 e. The van der Waals surface area contributed by atoms with Crippen LogP contribution in [0.2, 0.25) is 0 Å². The van der Waals surface area contributed by atoms with Crippen molar-refractivity contribution in [1.29, 1.82) is 0 Å². The molecule has 2 aromatic rings. The monoisotopic (exact) mass is 303 g/mol. The first-order chi connectivity index (χ1) is 10.2. The van der Waals surface area contributed by atoms with E-state index in [0.29, 0.717) is 0 Å². The molecule has 1 atom stereocenters. The average molecular weight is 303 g/mol. The van der Waals surface area contributed by atoms with Gasteiger partial charge in [0.1, 0.15) is 11.6 Å². The molecule has 6 heteroatoms. The first-order valence-electron chi connectivity index (χ1n) is 7.06. The summed E-state index contributed by atoms with van der Waals surface area (Å²) in [4.78, 5) is 13.1. The van der Waals surface area contributed by atoms with Crippen molar-refractivity contribution in [2.24, 2.45) is 0 Å². The second-order valence-electron chi connectivity index (χ2n) is 4.70. The summed E-state index contributed by atoms with van der Waals surface area (Å²) < 4.78 is 0. The van der Waals surface area contributed by atoms with Gasteiger partial charge in [-0.1, -0.05) is 24.8 Å². The number of hydrogen-bond donors (Lipinski definition) is 2. The minimum Gasteiger partial charge on any atom is -0.370 e. The van der Waals surface area contributed by atoms with E-state index >= 15 is 0 Å². The summed E-state index contributed by atoms with van der Waals surface area (Å²) in [5, 5.41) is 7.47. The van der Waals surface area contributed by atoms with Crippen molar-refractivity contribution in [1.82, 2.24) is 15.0 Å². The molecule has 5 nitrogen and oxygen atoms in total. The summed E-state index contributed by atoms with van der Waals surface area (Å²) in [7, 11) is 0. The van der Waals surface area contributed by atoms with Crippen LogP contribution >= 0.6 is 11.8 Å². The maximum absolute atomic E-state index is 4.51. The summed E-state index contributed by atoms with van der Waals surface area (Å²) >= 11 is 1.54. The third-order valence-electron chi connectivity index (χ3n) is 2.99. The molecule has 1 unspecified atom stereocenters. The SMILES string of the molecule is CCCNc1cc(NC(C)c2cccnc2)nc(SC)n1. The van der Waals surface area contributed by atoms with E-state index in [0.717, 1.165) is 35.3 Å². The van der Waals surface area contributed by atoms with Crippen LogP contribution in [-0.4, -0.2) is 27.8 Å². The maximum atomic E-state index is 4.51. The van der Waals surface area contributed by atoms with Gasteiger partial charge in [0, 0.05) is 25.0 Å². The molecule has 0 aliphatic carbocycles. The van der Waals surface area contributed by atoms with Crippen molar-refractivity contribution in [3.63, 3.8) is 0 Å². The summed E-state index contributed by atoms with van der Waals surface area (Å²) in [6.45, 7) is 5.13. The molecule has 0 fully saturated rings. The van der Waals surface area contributed by atoms with Crippen LogP contribution < -0.4 is 10.6 Å². The van der Waals surface area contributed by atoms with Crippen LogP contribution in [0.1, 0.15) is 31.9 Å². The van der Waals surface area contributed by atoms with Crippen molar-refractivity contribution < 1.29 is 0 Å². The molecule has 0 spiro atoms. The molecule has 0 aromatic carbocycles. The molecule has 0 aliphatic heterocycles. The second kappa shape index (κ2) is 7.83. The molecule has 0 amide bonds. The predicted octanol–water partition coefficient (Wildman–Crippen LogP) is 3.59. The number of nitrogens with one attached hydrogen (secondary N) is 2. The molecule has 2 heterocycles. The van der Waals surface area contributed by atoms with Crippen LogP contribution in [0.3, 0.4) is 0 Å². The van der Waals surface area contributed by atoms with Crippen molar-refractivity contribution in [2.75, 3.05) is 23.4 Å². The van der Waals surface area contributed by atoms with E-state index in [1.807, 2.05) is 24.6 Å². The molecule has 2 aromatic heterocycles. The zero-order valence-electron chi connectivity index (χ0n) is 12.6. The van der Waals surface area contributed by atoms with Gasteiger partial charge < -0.3 is 10.6 Å². The fraction of sp³-hybridized carbons (Fsp3) is 0.400. The fourth-order valence-electron chi connectivity index (χ4n) is 1.87. The van der Waals surface area contributed by atoms with E-state index in [9.17, 15) is 0 Å². The highest BCUT2D eigenvalue weighted by Crippen LogP contribution is 2.21. The van der Waals surface area contributed by atoms with Crippen LogP contribution in [0.25, 0.3) is 0 Å². The van der Waals surface area contributed by atoms with Gasteiger partial charge in [-0.15, -0.1) is 0 Å². The second-order valence-corrected chi connectivity index (χ2v) is 5.48. The minimum atomic E-state index is 0.141. The summed E-state index contributed by atoms with van der Waals surface area (Å²) in [6.07, 6.45) is 6.69. The topological polar surface area (TPSA) is 62.7 Å². The molecule has 0 aliphatic rings. The summed E-state index contributed by atoms with van der Waals surface area (Å²) in [5.41, 5.74) is 1.13. The zero-order valence-corrected chi connectivity index (χ0v) is 13.4. The van der Waals surface area contributed by atoms with E-state index in [1.54, 1.807) is 6.20 Å². The van der Waals surface area contributed by atoms with Crippen LogP contribution in [0, 0.1) is 0 Å². The van der Waals surface area contributed by atoms with Gasteiger partial charge in [-0.3, -0.25) is 4.98 Å². The Morgan fingerprint density at radius 3 is 2.76 bits per heavy atom. The zero-order chi connectivity index (χ0) is 15.1. The number of aromatic nitrogens is 3. The number of rotatable bonds is 7. The molecule has 21 heavy (non-hydrogen) atoms. The number of nitrogens with zero attached hydrogens (tertiary/aromatic N) is 3. The van der Waals surface area contributed by atoms with E-state index < -0.39 is 0 Å². The van der Waals surface area contributed by atoms with E-state index in [1.165, 1.54) is 11.8 Å². The van der Waals surface area contributed by atoms with Gasteiger partial charge in [0.25, 0.3) is 0 Å². The number of anilines is 2. The Morgan fingerprint density at radius 2 is 2.10 bits per heavy atom. The molecule has 112 valence electrons. The highest BCUT2D eigenvalue weighted by Gasteiger charge is 2.09. The quantitative estimate of drug-likeness (QED) is 0.602. The minimum absolute atomic E-state index is 0.141. The van der Waals surface area contributed by atoms with Gasteiger partial charge in [0.15, 0.2) is 5.16 Å². The van der Waals surface area contributed by atoms with Crippen LogP contribution in [-0.2, 0) is 0 Å². The third-order valence-corrected chi connectivity index (χ3v) is 3.54. The lowest BCUT2D eigenvalue weighted by Gasteiger charge is -2.16. The van der Waals surface area contributed by atoms with Gasteiger partial charge in [-0.2, -0.15) is 0 Å². The van der Waals surface area contributed by atoms with Gasteiger partial charge in [-0.25, -0.2) is 9.97 Å². The predicted molar refractivity (Wildman–Crippen MR) is 88.9 cm³/mol. The molecular formula is C15H21N5S. The highest BCUT2D eigenvalue weighted by atomic mass is 32.2. The summed E-state index contributed by atoms with van der Waals surface area (Å²) in [6, 6.07) is 6.08. The van der Waals surface area contributed by atoms with Crippen LogP contribution in [0.5, 0.6) is 0 Å². The number of thioether (sulfide) groups is 1. The Balaban J connectivity index is 2.14. The van der Waals surface area contributed by atoms with Crippen molar-refractivity contribution in [3.05, 3.63) is 36.2 Å². The summed E-state index contributed by atoms with van der Waals surface area (Å²) in [5.74, 6) is 1.68. The maximum Gasteiger partial charge on any atom is 0.191 e. The molecule has 0 saturated heterocycles. The van der Waals surface area contributed by atoms with E-state index in [2.05, 4.69) is 45.5 Å². The lowest BCUT2D eigenvalue weighted by molar-refractivity contribution is 0.847. The Hall–Kier alpha value is -1.82. The van der Waals surface area contributed by atoms with Crippen molar-refractivity contribution >= 4 is 23.4 Å². The number of pyridine rings is 1. The molecule has 2 N–H and O–H groups in total. The first kappa shape index (κ1) is 15.6. The van der Waals surface area contributed by atoms with Crippen molar-refractivity contribution in [3.8, 4) is 0 Å². The lowest BCUT2D eigenvalue weighted by atomic mass is 10.1. The Labute approximate surface area is 130 Å². The van der Waals surface area contributed by atoms with Gasteiger partial charge in [-0.05, 0) is 31.2 Å². The number of hydrogen-bond acceptors (Lipinski definition) is 6. The smallest absolute Gasteiger partial charge is 0.191 e. The fourth-order valence-corrected chi connectivity index (χ4v) is 2.25.